The first-order valence-electron chi connectivity index (χ1n) is 4.48. The number of rotatable bonds is 3. The molecule has 0 fully saturated rings. The predicted octanol–water partition coefficient (Wildman–Crippen LogP) is 1.44. The molecule has 1 aliphatic heterocycles. The van der Waals surface area contributed by atoms with Gasteiger partial charge in [0.05, 0.1) is 17.3 Å². The van der Waals surface area contributed by atoms with Crippen molar-refractivity contribution >= 4 is 27.6 Å². The van der Waals surface area contributed by atoms with Gasteiger partial charge in [0.15, 0.2) is 0 Å². The molecule has 15 heavy (non-hydrogen) atoms. The van der Waals surface area contributed by atoms with E-state index in [1.54, 1.807) is 11.8 Å². The standard InChI is InChI=1S/C9H11NO3S2/c11-15(12,13)6-5-10-7-14-9-4-2-1-3-8(9)10/h1-4H,5-7H2,(H,11,12,13). The maximum atomic E-state index is 10.6. The number of nitrogens with zero attached hydrogens (tertiary/aromatic N) is 1. The Morgan fingerprint density at radius 3 is 2.87 bits per heavy atom. The van der Waals surface area contributed by atoms with Crippen molar-refractivity contribution in [3.63, 3.8) is 0 Å². The van der Waals surface area contributed by atoms with Gasteiger partial charge in [-0.05, 0) is 12.1 Å². The van der Waals surface area contributed by atoms with Crippen molar-refractivity contribution in [2.24, 2.45) is 0 Å². The van der Waals surface area contributed by atoms with E-state index in [9.17, 15) is 8.42 Å². The number of anilines is 1. The summed E-state index contributed by atoms with van der Waals surface area (Å²) < 4.78 is 29.9. The van der Waals surface area contributed by atoms with E-state index in [4.69, 9.17) is 4.55 Å². The molecule has 1 aromatic rings. The molecule has 0 aliphatic carbocycles. The summed E-state index contributed by atoms with van der Waals surface area (Å²) in [6, 6.07) is 7.84. The third-order valence-electron chi connectivity index (χ3n) is 2.20. The highest BCUT2D eigenvalue weighted by Gasteiger charge is 2.20. The van der Waals surface area contributed by atoms with Crippen LogP contribution >= 0.6 is 11.8 Å². The maximum absolute atomic E-state index is 10.6. The molecule has 0 saturated carbocycles. The number of hydrogen-bond acceptors (Lipinski definition) is 4. The van der Waals surface area contributed by atoms with Crippen LogP contribution in [0.2, 0.25) is 0 Å². The van der Waals surface area contributed by atoms with Crippen LogP contribution in [0.3, 0.4) is 0 Å². The van der Waals surface area contributed by atoms with Gasteiger partial charge in [0.2, 0.25) is 0 Å². The van der Waals surface area contributed by atoms with Crippen LogP contribution in [0.1, 0.15) is 0 Å². The molecule has 6 heteroatoms. The van der Waals surface area contributed by atoms with Crippen molar-refractivity contribution in [3.05, 3.63) is 24.3 Å². The molecule has 4 nitrogen and oxygen atoms in total. The van der Waals surface area contributed by atoms with Crippen molar-refractivity contribution in [3.8, 4) is 0 Å². The molecule has 2 rings (SSSR count). The molecule has 0 unspecified atom stereocenters. The van der Waals surface area contributed by atoms with Crippen LogP contribution in [0.25, 0.3) is 0 Å². The van der Waals surface area contributed by atoms with Gasteiger partial charge in [-0.2, -0.15) is 8.42 Å². The Morgan fingerprint density at radius 1 is 1.40 bits per heavy atom. The van der Waals surface area contributed by atoms with Crippen LogP contribution < -0.4 is 4.90 Å². The second-order valence-corrected chi connectivity index (χ2v) is 5.85. The molecular formula is C9H11NO3S2. The molecule has 1 aliphatic rings. The van der Waals surface area contributed by atoms with Gasteiger partial charge in [-0.1, -0.05) is 12.1 Å². The molecule has 1 heterocycles. The van der Waals surface area contributed by atoms with Crippen LogP contribution in [0.15, 0.2) is 29.2 Å². The summed E-state index contributed by atoms with van der Waals surface area (Å²) in [5.41, 5.74) is 1.05. The summed E-state index contributed by atoms with van der Waals surface area (Å²) in [4.78, 5) is 3.11. The summed E-state index contributed by atoms with van der Waals surface area (Å²) in [5, 5.41) is 0. The van der Waals surface area contributed by atoms with Crippen LogP contribution in [-0.4, -0.2) is 31.1 Å². The number of hydrogen-bond donors (Lipinski definition) is 1. The van der Waals surface area contributed by atoms with E-state index >= 15 is 0 Å². The Morgan fingerprint density at radius 2 is 2.13 bits per heavy atom. The summed E-state index contributed by atoms with van der Waals surface area (Å²) in [7, 11) is -3.87. The topological polar surface area (TPSA) is 57.6 Å². The van der Waals surface area contributed by atoms with Gasteiger partial charge in [-0.25, -0.2) is 0 Å². The number of para-hydroxylation sites is 1. The van der Waals surface area contributed by atoms with Crippen LogP contribution in [0.4, 0.5) is 5.69 Å². The molecule has 1 N–H and O–H groups in total. The smallest absolute Gasteiger partial charge is 0.266 e. The molecule has 1 aromatic carbocycles. The molecular weight excluding hydrogens is 234 g/mol. The second kappa shape index (κ2) is 4.03. The summed E-state index contributed by atoms with van der Waals surface area (Å²) in [5.74, 6) is 0.525. The maximum Gasteiger partial charge on any atom is 0.266 e. The minimum absolute atomic E-state index is 0.220. The van der Waals surface area contributed by atoms with Gasteiger partial charge in [0.1, 0.15) is 0 Å². The summed E-state index contributed by atoms with van der Waals surface area (Å²) in [6.07, 6.45) is 0. The van der Waals surface area contributed by atoms with E-state index in [-0.39, 0.29) is 5.75 Å². The quantitative estimate of drug-likeness (QED) is 0.817. The van der Waals surface area contributed by atoms with Crippen molar-refractivity contribution in [2.45, 2.75) is 4.90 Å². The molecule has 0 saturated heterocycles. The van der Waals surface area contributed by atoms with Crippen molar-refractivity contribution in [1.82, 2.24) is 0 Å². The zero-order valence-corrected chi connectivity index (χ0v) is 9.59. The SMILES string of the molecule is O=S(=O)(O)CCN1CSc2ccccc21. The lowest BCUT2D eigenvalue weighted by Gasteiger charge is -2.16. The van der Waals surface area contributed by atoms with Crippen LogP contribution in [0, 0.1) is 0 Å². The largest absolute Gasteiger partial charge is 0.360 e. The number of thioether (sulfide) groups is 1. The predicted molar refractivity (Wildman–Crippen MR) is 60.9 cm³/mol. The van der Waals surface area contributed by atoms with E-state index in [0.717, 1.165) is 16.5 Å². The van der Waals surface area contributed by atoms with Gasteiger partial charge in [0, 0.05) is 11.4 Å². The zero-order valence-electron chi connectivity index (χ0n) is 7.96. The fourth-order valence-corrected chi connectivity index (χ4v) is 3.00. The van der Waals surface area contributed by atoms with E-state index in [1.165, 1.54) is 0 Å². The fourth-order valence-electron chi connectivity index (χ4n) is 1.47. The van der Waals surface area contributed by atoms with Crippen LogP contribution in [0.5, 0.6) is 0 Å². The second-order valence-electron chi connectivity index (χ2n) is 3.29. The van der Waals surface area contributed by atoms with E-state index in [1.807, 2.05) is 29.2 Å². The van der Waals surface area contributed by atoms with Gasteiger partial charge >= 0.3 is 0 Å². The average molecular weight is 245 g/mol. The minimum Gasteiger partial charge on any atom is -0.360 e. The van der Waals surface area contributed by atoms with Crippen molar-refractivity contribution in [1.29, 1.82) is 0 Å². The third kappa shape index (κ3) is 2.64. The minimum atomic E-state index is -3.87. The lowest BCUT2D eigenvalue weighted by atomic mass is 10.3. The summed E-state index contributed by atoms with van der Waals surface area (Å²) in [6.45, 7) is 0.336. The first kappa shape index (κ1) is 10.8. The highest BCUT2D eigenvalue weighted by Crippen LogP contribution is 2.37. The molecule has 0 aromatic heterocycles. The van der Waals surface area contributed by atoms with E-state index < -0.39 is 10.1 Å². The Labute approximate surface area is 93.0 Å². The lowest BCUT2D eigenvalue weighted by Crippen LogP contribution is -2.26. The Balaban J connectivity index is 2.08. The van der Waals surface area contributed by atoms with Gasteiger partial charge in [0.25, 0.3) is 10.1 Å². The van der Waals surface area contributed by atoms with Gasteiger partial charge in [-0.3, -0.25) is 4.55 Å². The summed E-state index contributed by atoms with van der Waals surface area (Å²) >= 11 is 1.68. The number of benzene rings is 1. The fraction of sp³-hybridized carbons (Fsp3) is 0.333. The molecule has 0 bridgehead atoms. The van der Waals surface area contributed by atoms with E-state index in [2.05, 4.69) is 0 Å². The Kier molecular flexibility index (Phi) is 2.90. The molecule has 82 valence electrons. The third-order valence-corrected chi connectivity index (χ3v) is 4.00. The Hall–Kier alpha value is -0.720. The first-order chi connectivity index (χ1) is 7.06. The van der Waals surface area contributed by atoms with Crippen molar-refractivity contribution < 1.29 is 13.0 Å². The first-order valence-corrected chi connectivity index (χ1v) is 7.08. The van der Waals surface area contributed by atoms with Gasteiger partial charge in [-0.15, -0.1) is 11.8 Å². The lowest BCUT2D eigenvalue weighted by molar-refractivity contribution is 0.483. The molecule has 0 radical (unpaired) electrons. The van der Waals surface area contributed by atoms with E-state index in [0.29, 0.717) is 6.54 Å². The highest BCUT2D eigenvalue weighted by atomic mass is 32.2. The molecule has 0 spiro atoms. The number of fused-ring (bicyclic) bond motifs is 1. The average Bonchev–Trinajstić information content (AvgIpc) is 2.57. The normalized spacial score (nSPS) is 15.4. The van der Waals surface area contributed by atoms with Crippen molar-refractivity contribution in [2.75, 3.05) is 23.1 Å². The highest BCUT2D eigenvalue weighted by molar-refractivity contribution is 7.99. The zero-order chi connectivity index (χ0) is 10.9. The Bertz CT molecular complexity index is 458. The monoisotopic (exact) mass is 245 g/mol. The molecule has 0 atom stereocenters. The van der Waals surface area contributed by atoms with Gasteiger partial charge < -0.3 is 4.90 Å². The van der Waals surface area contributed by atoms with Crippen LogP contribution in [-0.2, 0) is 10.1 Å². The molecule has 0 amide bonds.